The number of carbonyl (C=O) groups is 2. The number of nitrogen functional groups attached to an aromatic ring is 1. The van der Waals surface area contributed by atoms with E-state index in [1.807, 2.05) is 0 Å². The number of ether oxygens (including phenoxy) is 1. The first-order chi connectivity index (χ1) is 10.0. The molecule has 2 aromatic carbocycles. The van der Waals surface area contributed by atoms with E-state index in [0.717, 1.165) is 4.90 Å². The van der Waals surface area contributed by atoms with Crippen molar-refractivity contribution >= 4 is 34.8 Å². The summed E-state index contributed by atoms with van der Waals surface area (Å²) in [6.45, 7) is 0. The van der Waals surface area contributed by atoms with Gasteiger partial charge in [0.25, 0.3) is 11.8 Å². The molecule has 2 N–H and O–H groups in total. The number of hydrogen-bond acceptors (Lipinski definition) is 4. The molecule has 0 aromatic heterocycles. The van der Waals surface area contributed by atoms with Crippen molar-refractivity contribution in [1.82, 2.24) is 0 Å². The van der Waals surface area contributed by atoms with Gasteiger partial charge in [0.2, 0.25) is 0 Å². The predicted molar refractivity (Wildman–Crippen MR) is 80.0 cm³/mol. The van der Waals surface area contributed by atoms with Gasteiger partial charge in [-0.1, -0.05) is 11.6 Å². The predicted octanol–water partition coefficient (Wildman–Crippen LogP) is 2.73. The number of nitrogens with two attached hydrogens (primary N) is 1. The molecule has 0 bridgehead atoms. The molecule has 3 rings (SSSR count). The number of imide groups is 1. The fraction of sp³-hybridized carbons (Fsp3) is 0.0667. The van der Waals surface area contributed by atoms with Crippen LogP contribution in [0.4, 0.5) is 11.4 Å². The number of amides is 2. The lowest BCUT2D eigenvalue weighted by Crippen LogP contribution is -2.29. The molecule has 1 aliphatic rings. The molecule has 0 saturated carbocycles. The summed E-state index contributed by atoms with van der Waals surface area (Å²) in [6, 6.07) is 9.38. The molecule has 106 valence electrons. The summed E-state index contributed by atoms with van der Waals surface area (Å²) in [5, 5.41) is 0.325. The Morgan fingerprint density at radius 1 is 1.05 bits per heavy atom. The monoisotopic (exact) mass is 302 g/mol. The van der Waals surface area contributed by atoms with Gasteiger partial charge in [0.15, 0.2) is 0 Å². The van der Waals surface area contributed by atoms with Crippen LogP contribution in [0.1, 0.15) is 20.7 Å². The van der Waals surface area contributed by atoms with Crippen molar-refractivity contribution in [2.24, 2.45) is 0 Å². The summed E-state index contributed by atoms with van der Waals surface area (Å²) in [4.78, 5) is 25.9. The number of methoxy groups -OCH3 is 1. The molecule has 1 heterocycles. The second-order valence-corrected chi connectivity index (χ2v) is 4.98. The van der Waals surface area contributed by atoms with Crippen LogP contribution in [0.15, 0.2) is 36.4 Å². The first-order valence-corrected chi connectivity index (χ1v) is 6.52. The highest BCUT2D eigenvalue weighted by atomic mass is 35.5. The zero-order chi connectivity index (χ0) is 15.1. The molecule has 0 unspecified atom stereocenters. The Kier molecular flexibility index (Phi) is 3.07. The molecule has 0 atom stereocenters. The lowest BCUT2D eigenvalue weighted by atomic mass is 10.1. The quantitative estimate of drug-likeness (QED) is 0.684. The van der Waals surface area contributed by atoms with Crippen LogP contribution < -0.4 is 15.4 Å². The molecule has 0 spiro atoms. The van der Waals surface area contributed by atoms with E-state index in [9.17, 15) is 9.59 Å². The van der Waals surface area contributed by atoms with Gasteiger partial charge in [-0.15, -0.1) is 0 Å². The molecule has 2 aromatic rings. The van der Waals surface area contributed by atoms with Crippen molar-refractivity contribution in [2.45, 2.75) is 0 Å². The van der Waals surface area contributed by atoms with Gasteiger partial charge in [0.1, 0.15) is 5.75 Å². The van der Waals surface area contributed by atoms with Crippen molar-refractivity contribution in [3.63, 3.8) is 0 Å². The molecule has 1 aliphatic heterocycles. The fourth-order valence-electron chi connectivity index (χ4n) is 2.29. The SMILES string of the molecule is COc1ccc(N2C(=O)c3ccc(N)cc3C2=O)cc1Cl. The normalized spacial score (nSPS) is 13.5. The Labute approximate surface area is 125 Å². The maximum absolute atomic E-state index is 12.4. The number of benzene rings is 2. The van der Waals surface area contributed by atoms with E-state index < -0.39 is 11.8 Å². The van der Waals surface area contributed by atoms with E-state index in [4.69, 9.17) is 22.1 Å². The first-order valence-electron chi connectivity index (χ1n) is 6.15. The van der Waals surface area contributed by atoms with Gasteiger partial charge < -0.3 is 10.5 Å². The van der Waals surface area contributed by atoms with Gasteiger partial charge in [-0.25, -0.2) is 4.90 Å². The lowest BCUT2D eigenvalue weighted by Gasteiger charge is -2.15. The third-order valence-electron chi connectivity index (χ3n) is 3.30. The largest absolute Gasteiger partial charge is 0.495 e. The molecule has 2 amide bonds. The fourth-order valence-corrected chi connectivity index (χ4v) is 2.54. The topological polar surface area (TPSA) is 72.6 Å². The minimum Gasteiger partial charge on any atom is -0.495 e. The number of nitrogens with zero attached hydrogens (tertiary/aromatic N) is 1. The van der Waals surface area contributed by atoms with Gasteiger partial charge >= 0.3 is 0 Å². The van der Waals surface area contributed by atoms with Crippen LogP contribution in [0.2, 0.25) is 5.02 Å². The van der Waals surface area contributed by atoms with Gasteiger partial charge in [0.05, 0.1) is 28.9 Å². The van der Waals surface area contributed by atoms with Crippen LogP contribution in [-0.2, 0) is 0 Å². The summed E-state index contributed by atoms with van der Waals surface area (Å²) >= 11 is 6.05. The van der Waals surface area contributed by atoms with Crippen molar-refractivity contribution in [2.75, 3.05) is 17.7 Å². The molecule has 0 fully saturated rings. The highest BCUT2D eigenvalue weighted by Gasteiger charge is 2.36. The number of carbonyl (C=O) groups excluding carboxylic acids is 2. The Hall–Kier alpha value is -2.53. The number of hydrogen-bond donors (Lipinski definition) is 1. The minimum absolute atomic E-state index is 0.298. The minimum atomic E-state index is -0.413. The highest BCUT2D eigenvalue weighted by molar-refractivity contribution is 6.36. The van der Waals surface area contributed by atoms with Crippen LogP contribution in [0, 0.1) is 0 Å². The number of rotatable bonds is 2. The second-order valence-electron chi connectivity index (χ2n) is 4.57. The zero-order valence-corrected chi connectivity index (χ0v) is 11.8. The summed E-state index contributed by atoms with van der Waals surface area (Å²) < 4.78 is 5.06. The van der Waals surface area contributed by atoms with Crippen LogP contribution >= 0.6 is 11.6 Å². The van der Waals surface area contributed by atoms with Crippen LogP contribution in [0.3, 0.4) is 0 Å². The third kappa shape index (κ3) is 2.02. The lowest BCUT2D eigenvalue weighted by molar-refractivity contribution is 0.0926. The Morgan fingerprint density at radius 3 is 2.43 bits per heavy atom. The molecular weight excluding hydrogens is 292 g/mol. The van der Waals surface area contributed by atoms with E-state index in [2.05, 4.69) is 0 Å². The van der Waals surface area contributed by atoms with E-state index in [0.29, 0.717) is 33.3 Å². The molecule has 5 nitrogen and oxygen atoms in total. The van der Waals surface area contributed by atoms with Gasteiger partial charge in [-0.3, -0.25) is 9.59 Å². The standard InChI is InChI=1S/C15H11ClN2O3/c1-21-13-5-3-9(7-12(13)16)18-14(19)10-4-2-8(17)6-11(10)15(18)20/h2-7H,17H2,1H3. The van der Waals surface area contributed by atoms with Crippen molar-refractivity contribution in [3.8, 4) is 5.75 Å². The molecular formula is C15H11ClN2O3. The average molecular weight is 303 g/mol. The summed E-state index contributed by atoms with van der Waals surface area (Å²) in [5.74, 6) is -0.332. The van der Waals surface area contributed by atoms with E-state index in [1.165, 1.54) is 19.2 Å². The van der Waals surface area contributed by atoms with Crippen molar-refractivity contribution < 1.29 is 14.3 Å². The third-order valence-corrected chi connectivity index (χ3v) is 3.60. The number of halogens is 1. The van der Waals surface area contributed by atoms with Crippen LogP contribution in [-0.4, -0.2) is 18.9 Å². The van der Waals surface area contributed by atoms with Crippen LogP contribution in [0.5, 0.6) is 5.75 Å². The maximum atomic E-state index is 12.4. The first kappa shape index (κ1) is 13.5. The van der Waals surface area contributed by atoms with E-state index >= 15 is 0 Å². The van der Waals surface area contributed by atoms with Crippen molar-refractivity contribution in [3.05, 3.63) is 52.5 Å². The van der Waals surface area contributed by atoms with Gasteiger partial charge in [-0.05, 0) is 36.4 Å². The summed E-state index contributed by atoms with van der Waals surface area (Å²) in [7, 11) is 1.49. The zero-order valence-electron chi connectivity index (χ0n) is 11.1. The smallest absolute Gasteiger partial charge is 0.266 e. The average Bonchev–Trinajstić information content (AvgIpc) is 2.70. The van der Waals surface area contributed by atoms with Gasteiger partial charge in [-0.2, -0.15) is 0 Å². The van der Waals surface area contributed by atoms with Crippen molar-refractivity contribution in [1.29, 1.82) is 0 Å². The summed E-state index contributed by atoms with van der Waals surface area (Å²) in [5.41, 5.74) is 7.13. The molecule has 21 heavy (non-hydrogen) atoms. The second kappa shape index (κ2) is 4.79. The molecule has 6 heteroatoms. The highest BCUT2D eigenvalue weighted by Crippen LogP contribution is 2.34. The Morgan fingerprint density at radius 2 is 1.76 bits per heavy atom. The number of anilines is 2. The number of fused-ring (bicyclic) bond motifs is 1. The van der Waals surface area contributed by atoms with E-state index in [1.54, 1.807) is 24.3 Å². The molecule has 0 saturated heterocycles. The Bertz CT molecular complexity index is 774. The molecule has 0 aliphatic carbocycles. The van der Waals surface area contributed by atoms with Gasteiger partial charge in [0, 0.05) is 5.69 Å². The van der Waals surface area contributed by atoms with E-state index in [-0.39, 0.29) is 0 Å². The maximum Gasteiger partial charge on any atom is 0.266 e. The summed E-state index contributed by atoms with van der Waals surface area (Å²) in [6.07, 6.45) is 0. The molecule has 0 radical (unpaired) electrons. The Balaban J connectivity index is 2.07. The van der Waals surface area contributed by atoms with Crippen LogP contribution in [0.25, 0.3) is 0 Å².